The van der Waals surface area contributed by atoms with Gasteiger partial charge < -0.3 is 24.8 Å². The van der Waals surface area contributed by atoms with E-state index in [1.54, 1.807) is 0 Å². The Morgan fingerprint density at radius 2 is 2.00 bits per heavy atom. The van der Waals surface area contributed by atoms with E-state index in [1.165, 1.54) is 13.8 Å². The Labute approximate surface area is 138 Å². The van der Waals surface area contributed by atoms with Crippen LogP contribution in [0.5, 0.6) is 0 Å². The second-order valence-corrected chi connectivity index (χ2v) is 5.39. The van der Waals surface area contributed by atoms with E-state index in [-0.39, 0.29) is 29.6 Å². The topological polar surface area (TPSA) is 145 Å². The normalized spacial score (nSPS) is 34.1. The summed E-state index contributed by atoms with van der Waals surface area (Å²) >= 11 is 0. The third kappa shape index (κ3) is 5.92. The van der Waals surface area contributed by atoms with Crippen LogP contribution in [0.15, 0.2) is 0 Å². The standard InChI is InChI=1S/C9H17NO8S.Na/c1-4-6(3-17-19(14,15)16)18-9(13)7(8(4)12)10-5(2)11;/h4,6-9,12-13H,3H2,1-2H3,(H,10,11)(H,14,15,16);/q;+1/p-1. The SMILES string of the molecule is CC(=O)NC1C(O)OC(COS(=O)(=O)[O-])C(C)C1O.[Na+]. The third-order valence-corrected chi connectivity index (χ3v) is 3.29. The number of hydrogen-bond donors (Lipinski definition) is 3. The number of aliphatic hydroxyl groups excluding tert-OH is 2. The van der Waals surface area contributed by atoms with Crippen molar-refractivity contribution < 1.29 is 66.5 Å². The molecule has 1 amide bonds. The van der Waals surface area contributed by atoms with Gasteiger partial charge in [0.25, 0.3) is 0 Å². The summed E-state index contributed by atoms with van der Waals surface area (Å²) in [5.74, 6) is -1.11. The molecule has 0 radical (unpaired) electrons. The van der Waals surface area contributed by atoms with Gasteiger partial charge in [-0.2, -0.15) is 0 Å². The molecule has 1 rings (SSSR count). The van der Waals surface area contributed by atoms with Crippen molar-refractivity contribution in [2.45, 2.75) is 38.4 Å². The average Bonchev–Trinajstić information content (AvgIpc) is 2.26. The second-order valence-electron chi connectivity index (χ2n) is 4.33. The van der Waals surface area contributed by atoms with Gasteiger partial charge in [0.2, 0.25) is 16.3 Å². The van der Waals surface area contributed by atoms with E-state index in [2.05, 4.69) is 9.50 Å². The maximum atomic E-state index is 10.9. The van der Waals surface area contributed by atoms with Gasteiger partial charge in [0, 0.05) is 12.8 Å². The summed E-state index contributed by atoms with van der Waals surface area (Å²) in [4.78, 5) is 10.9. The van der Waals surface area contributed by atoms with Crippen molar-refractivity contribution in [1.29, 1.82) is 0 Å². The Kier molecular flexibility index (Phi) is 8.10. The molecular weight excluding hydrogens is 305 g/mol. The molecule has 9 nitrogen and oxygen atoms in total. The van der Waals surface area contributed by atoms with E-state index in [1.807, 2.05) is 0 Å². The zero-order valence-corrected chi connectivity index (χ0v) is 14.2. The van der Waals surface area contributed by atoms with Crippen LogP contribution in [0, 0.1) is 5.92 Å². The summed E-state index contributed by atoms with van der Waals surface area (Å²) in [5, 5.41) is 21.9. The fourth-order valence-corrected chi connectivity index (χ4v) is 2.14. The summed E-state index contributed by atoms with van der Waals surface area (Å²) in [6.45, 7) is 2.11. The van der Waals surface area contributed by atoms with Gasteiger partial charge in [-0.05, 0) is 0 Å². The van der Waals surface area contributed by atoms with Crippen LogP contribution >= 0.6 is 0 Å². The number of amides is 1. The first-order valence-electron chi connectivity index (χ1n) is 5.50. The van der Waals surface area contributed by atoms with Gasteiger partial charge in [-0.25, -0.2) is 8.42 Å². The second kappa shape index (κ2) is 8.01. The maximum absolute atomic E-state index is 10.9. The van der Waals surface area contributed by atoms with Crippen molar-refractivity contribution in [3.05, 3.63) is 0 Å². The molecule has 0 aliphatic carbocycles. The van der Waals surface area contributed by atoms with Gasteiger partial charge in [0.05, 0.1) is 18.8 Å². The van der Waals surface area contributed by atoms with Crippen molar-refractivity contribution in [3.63, 3.8) is 0 Å². The molecule has 0 aromatic carbocycles. The van der Waals surface area contributed by atoms with E-state index >= 15 is 0 Å². The molecule has 1 saturated heterocycles. The fourth-order valence-electron chi connectivity index (χ4n) is 1.84. The van der Waals surface area contributed by atoms with Crippen LogP contribution in [0.25, 0.3) is 0 Å². The van der Waals surface area contributed by atoms with Crippen LogP contribution in [0.2, 0.25) is 0 Å². The Morgan fingerprint density at radius 3 is 2.45 bits per heavy atom. The Balaban J connectivity index is 0.00000361. The number of nitrogens with one attached hydrogen (secondary N) is 1. The number of hydrogen-bond acceptors (Lipinski definition) is 8. The smallest absolute Gasteiger partial charge is 0.726 e. The Hall–Kier alpha value is 0.220. The van der Waals surface area contributed by atoms with Crippen molar-refractivity contribution in [2.24, 2.45) is 5.92 Å². The molecule has 0 spiro atoms. The third-order valence-electron chi connectivity index (χ3n) is 2.86. The Morgan fingerprint density at radius 1 is 1.45 bits per heavy atom. The minimum absolute atomic E-state index is 0. The minimum Gasteiger partial charge on any atom is -0.726 e. The minimum atomic E-state index is -4.88. The largest absolute Gasteiger partial charge is 1.00 e. The van der Waals surface area contributed by atoms with Gasteiger partial charge in [0.15, 0.2) is 6.29 Å². The molecule has 3 N–H and O–H groups in total. The van der Waals surface area contributed by atoms with Crippen LogP contribution in [-0.4, -0.2) is 60.2 Å². The predicted molar refractivity (Wildman–Crippen MR) is 59.3 cm³/mol. The molecule has 11 heteroatoms. The van der Waals surface area contributed by atoms with E-state index < -0.39 is 53.4 Å². The molecular formula is C9H16NNaO8S. The zero-order valence-electron chi connectivity index (χ0n) is 11.3. The van der Waals surface area contributed by atoms with Crippen molar-refractivity contribution in [2.75, 3.05) is 6.61 Å². The number of aliphatic hydroxyl groups is 2. The molecule has 0 aromatic rings. The molecule has 5 atom stereocenters. The average molecular weight is 321 g/mol. The van der Waals surface area contributed by atoms with E-state index in [0.29, 0.717) is 0 Å². The molecule has 5 unspecified atom stereocenters. The molecule has 1 fully saturated rings. The van der Waals surface area contributed by atoms with Gasteiger partial charge in [-0.15, -0.1) is 0 Å². The van der Waals surface area contributed by atoms with Crippen LogP contribution in [0.4, 0.5) is 0 Å². The predicted octanol–water partition coefficient (Wildman–Crippen LogP) is -5.31. The van der Waals surface area contributed by atoms with Crippen LogP contribution < -0.4 is 34.9 Å². The molecule has 1 aliphatic heterocycles. The first-order valence-corrected chi connectivity index (χ1v) is 6.84. The first kappa shape index (κ1) is 20.2. The summed E-state index contributed by atoms with van der Waals surface area (Å²) in [6.07, 6.45) is -3.69. The van der Waals surface area contributed by atoms with Crippen LogP contribution in [-0.2, 0) is 24.1 Å². The number of ether oxygens (including phenoxy) is 1. The number of carbonyl (C=O) groups is 1. The monoisotopic (exact) mass is 321 g/mol. The number of rotatable bonds is 4. The first-order chi connectivity index (χ1) is 8.61. The van der Waals surface area contributed by atoms with E-state index in [9.17, 15) is 28.0 Å². The summed E-state index contributed by atoms with van der Waals surface area (Å²) in [5.41, 5.74) is 0. The maximum Gasteiger partial charge on any atom is 1.00 e. The molecule has 112 valence electrons. The molecule has 1 heterocycles. The van der Waals surface area contributed by atoms with E-state index in [4.69, 9.17) is 4.74 Å². The number of carbonyl (C=O) groups excluding carboxylic acids is 1. The Bertz CT molecular complexity index is 430. The zero-order chi connectivity index (χ0) is 14.8. The van der Waals surface area contributed by atoms with Crippen molar-refractivity contribution in [1.82, 2.24) is 5.32 Å². The van der Waals surface area contributed by atoms with Crippen molar-refractivity contribution in [3.8, 4) is 0 Å². The summed E-state index contributed by atoms with van der Waals surface area (Å²) in [6, 6.07) is -1.03. The van der Waals surface area contributed by atoms with Gasteiger partial charge in [0.1, 0.15) is 6.04 Å². The molecule has 1 aliphatic rings. The molecule has 0 saturated carbocycles. The van der Waals surface area contributed by atoms with Gasteiger partial charge in [-0.1, -0.05) is 6.92 Å². The van der Waals surface area contributed by atoms with Gasteiger partial charge >= 0.3 is 29.6 Å². The summed E-state index contributed by atoms with van der Waals surface area (Å²) < 4.78 is 40.1. The molecule has 0 aromatic heterocycles. The van der Waals surface area contributed by atoms with Crippen molar-refractivity contribution >= 4 is 16.3 Å². The summed E-state index contributed by atoms with van der Waals surface area (Å²) in [7, 11) is -4.88. The quantitative estimate of drug-likeness (QED) is 0.264. The van der Waals surface area contributed by atoms with E-state index in [0.717, 1.165) is 0 Å². The van der Waals surface area contributed by atoms with Gasteiger partial charge in [-0.3, -0.25) is 8.98 Å². The fraction of sp³-hybridized carbons (Fsp3) is 0.889. The van der Waals surface area contributed by atoms with Crippen LogP contribution in [0.1, 0.15) is 13.8 Å². The van der Waals surface area contributed by atoms with Crippen LogP contribution in [0.3, 0.4) is 0 Å². The molecule has 0 bridgehead atoms. The molecule has 20 heavy (non-hydrogen) atoms.